The monoisotopic (exact) mass is 727 g/mol. The molecule has 1 aliphatic heterocycles. The van der Waals surface area contributed by atoms with Crippen LogP contribution in [-0.2, 0) is 5.41 Å². The third-order valence-corrected chi connectivity index (χ3v) is 11.9. The first-order valence-corrected chi connectivity index (χ1v) is 19.4. The van der Waals surface area contributed by atoms with Crippen molar-refractivity contribution in [3.8, 4) is 67.7 Å². The minimum absolute atomic E-state index is 0.443. The molecule has 4 nitrogen and oxygen atoms in total. The maximum absolute atomic E-state index is 6.29. The molecule has 0 saturated heterocycles. The Labute approximate surface area is 331 Å². The van der Waals surface area contributed by atoms with Gasteiger partial charge in [-0.05, 0) is 87.0 Å². The van der Waals surface area contributed by atoms with E-state index >= 15 is 0 Å². The maximum atomic E-state index is 6.29. The number of para-hydroxylation sites is 4. The molecule has 0 atom stereocenters. The molecule has 8 aromatic carbocycles. The fourth-order valence-electron chi connectivity index (χ4n) is 9.57. The van der Waals surface area contributed by atoms with Crippen molar-refractivity contribution in [1.82, 2.24) is 9.97 Å². The van der Waals surface area contributed by atoms with Gasteiger partial charge in [-0.1, -0.05) is 158 Å². The normalized spacial score (nSPS) is 13.5. The van der Waals surface area contributed by atoms with Gasteiger partial charge >= 0.3 is 0 Å². The van der Waals surface area contributed by atoms with E-state index in [1.807, 2.05) is 30.3 Å². The van der Waals surface area contributed by atoms with Crippen LogP contribution in [0.2, 0.25) is 0 Å². The minimum Gasteiger partial charge on any atom is -0.453 e. The van der Waals surface area contributed by atoms with Gasteiger partial charge in [0.15, 0.2) is 17.3 Å². The van der Waals surface area contributed by atoms with Crippen molar-refractivity contribution >= 4 is 17.1 Å². The largest absolute Gasteiger partial charge is 0.453 e. The molecule has 266 valence electrons. The molecule has 1 aromatic heterocycles. The highest BCUT2D eigenvalue weighted by molar-refractivity contribution is 5.99. The molecule has 57 heavy (non-hydrogen) atoms. The topological polar surface area (TPSA) is 38.2 Å². The van der Waals surface area contributed by atoms with Crippen molar-refractivity contribution in [2.24, 2.45) is 0 Å². The Balaban J connectivity index is 1.05. The molecule has 12 rings (SSSR count). The first kappa shape index (κ1) is 31.8. The van der Waals surface area contributed by atoms with Gasteiger partial charge in [0.05, 0.1) is 28.2 Å². The summed E-state index contributed by atoms with van der Waals surface area (Å²) in [4.78, 5) is 13.0. The molecule has 2 heterocycles. The van der Waals surface area contributed by atoms with Gasteiger partial charge in [0, 0.05) is 22.4 Å². The number of ether oxygens (including phenoxy) is 1. The number of anilines is 3. The van der Waals surface area contributed by atoms with Crippen molar-refractivity contribution in [3.63, 3.8) is 0 Å². The van der Waals surface area contributed by atoms with E-state index in [9.17, 15) is 0 Å². The highest BCUT2D eigenvalue weighted by Gasteiger charge is 2.52. The van der Waals surface area contributed by atoms with E-state index in [1.54, 1.807) is 0 Å². The third-order valence-electron chi connectivity index (χ3n) is 11.9. The molecule has 0 amide bonds. The third kappa shape index (κ3) is 4.56. The molecule has 0 radical (unpaired) electrons. The maximum Gasteiger partial charge on any atom is 0.161 e. The Morgan fingerprint density at radius 1 is 0.386 bits per heavy atom. The van der Waals surface area contributed by atoms with Crippen LogP contribution >= 0.6 is 0 Å². The van der Waals surface area contributed by atoms with Crippen molar-refractivity contribution in [1.29, 1.82) is 0 Å². The Morgan fingerprint density at radius 3 is 1.49 bits per heavy atom. The van der Waals surface area contributed by atoms with Crippen LogP contribution in [0, 0.1) is 0 Å². The van der Waals surface area contributed by atoms with Crippen LogP contribution in [0.1, 0.15) is 22.3 Å². The van der Waals surface area contributed by atoms with Crippen molar-refractivity contribution in [2.45, 2.75) is 5.41 Å². The van der Waals surface area contributed by atoms with Crippen molar-refractivity contribution in [2.75, 3.05) is 4.90 Å². The molecule has 4 heteroatoms. The molecule has 3 aliphatic rings. The lowest BCUT2D eigenvalue weighted by Gasteiger charge is -2.32. The van der Waals surface area contributed by atoms with Crippen LogP contribution in [0.4, 0.5) is 17.1 Å². The average molecular weight is 728 g/mol. The summed E-state index contributed by atoms with van der Waals surface area (Å²) < 4.78 is 6.29. The van der Waals surface area contributed by atoms with Crippen LogP contribution in [-0.4, -0.2) is 9.97 Å². The smallest absolute Gasteiger partial charge is 0.161 e. The van der Waals surface area contributed by atoms with Gasteiger partial charge in [-0.15, -0.1) is 0 Å². The lowest BCUT2D eigenvalue weighted by atomic mass is 9.70. The number of rotatable bonds is 4. The first-order valence-electron chi connectivity index (χ1n) is 19.4. The van der Waals surface area contributed by atoms with Gasteiger partial charge in [0.1, 0.15) is 0 Å². The summed E-state index contributed by atoms with van der Waals surface area (Å²) in [5.74, 6) is 2.36. The molecular formula is C53H33N3O. The van der Waals surface area contributed by atoms with E-state index in [1.165, 1.54) is 44.5 Å². The molecule has 0 unspecified atom stereocenters. The summed E-state index contributed by atoms with van der Waals surface area (Å²) in [5.41, 5.74) is 17.6. The number of aromatic nitrogens is 2. The van der Waals surface area contributed by atoms with Gasteiger partial charge in [0.25, 0.3) is 0 Å². The van der Waals surface area contributed by atoms with E-state index in [0.717, 1.165) is 56.6 Å². The molecule has 0 bridgehead atoms. The number of benzene rings is 8. The predicted molar refractivity (Wildman–Crippen MR) is 229 cm³/mol. The second-order valence-electron chi connectivity index (χ2n) is 14.9. The Kier molecular flexibility index (Phi) is 6.81. The highest BCUT2D eigenvalue weighted by Crippen LogP contribution is 2.64. The van der Waals surface area contributed by atoms with Gasteiger partial charge in [-0.2, -0.15) is 0 Å². The number of hydrogen-bond donors (Lipinski definition) is 0. The zero-order chi connectivity index (χ0) is 37.5. The molecule has 1 spiro atoms. The van der Waals surface area contributed by atoms with Crippen LogP contribution in [0.3, 0.4) is 0 Å². The average Bonchev–Trinajstić information content (AvgIpc) is 3.76. The van der Waals surface area contributed by atoms with E-state index in [-0.39, 0.29) is 0 Å². The van der Waals surface area contributed by atoms with Gasteiger partial charge < -0.3 is 9.64 Å². The number of fused-ring (bicyclic) bond motifs is 12. The van der Waals surface area contributed by atoms with E-state index in [4.69, 9.17) is 14.7 Å². The van der Waals surface area contributed by atoms with E-state index < -0.39 is 5.41 Å². The zero-order valence-corrected chi connectivity index (χ0v) is 30.8. The summed E-state index contributed by atoms with van der Waals surface area (Å²) >= 11 is 0. The van der Waals surface area contributed by atoms with Crippen LogP contribution < -0.4 is 9.64 Å². The lowest BCUT2D eigenvalue weighted by molar-refractivity contribution is 0.477. The second-order valence-corrected chi connectivity index (χ2v) is 14.9. The minimum atomic E-state index is -0.443. The highest BCUT2D eigenvalue weighted by atomic mass is 16.5. The van der Waals surface area contributed by atoms with Crippen LogP contribution in [0.25, 0.3) is 56.2 Å². The second kappa shape index (κ2) is 12.2. The fraction of sp³-hybridized carbons (Fsp3) is 0.0189. The lowest BCUT2D eigenvalue weighted by Crippen LogP contribution is -2.25. The Hall–Kier alpha value is -7.56. The van der Waals surface area contributed by atoms with Crippen LogP contribution in [0.5, 0.6) is 11.5 Å². The van der Waals surface area contributed by atoms with Gasteiger partial charge in [-0.3, -0.25) is 0 Å². The van der Waals surface area contributed by atoms with Crippen molar-refractivity contribution < 1.29 is 4.74 Å². The molecule has 2 aliphatic carbocycles. The summed E-state index contributed by atoms with van der Waals surface area (Å²) in [7, 11) is 0. The van der Waals surface area contributed by atoms with Crippen LogP contribution in [0.15, 0.2) is 200 Å². The molecular weight excluding hydrogens is 695 g/mol. The molecule has 0 N–H and O–H groups in total. The fourth-order valence-corrected chi connectivity index (χ4v) is 9.57. The summed E-state index contributed by atoms with van der Waals surface area (Å²) in [6.07, 6.45) is 0. The predicted octanol–water partition coefficient (Wildman–Crippen LogP) is 13.4. The zero-order valence-electron chi connectivity index (χ0n) is 30.8. The van der Waals surface area contributed by atoms with E-state index in [2.05, 4.69) is 175 Å². The van der Waals surface area contributed by atoms with Crippen molar-refractivity contribution in [3.05, 3.63) is 222 Å². The van der Waals surface area contributed by atoms with Gasteiger partial charge in [-0.25, -0.2) is 9.97 Å². The summed E-state index contributed by atoms with van der Waals surface area (Å²) in [6.45, 7) is 0. The summed E-state index contributed by atoms with van der Waals surface area (Å²) in [5, 5.41) is 0. The molecule has 0 fully saturated rings. The summed E-state index contributed by atoms with van der Waals surface area (Å²) in [6, 6.07) is 71.1. The molecule has 0 saturated carbocycles. The SMILES string of the molecule is c1ccc(-c2cc(-c3ccc(N4c5ccccc5Oc5ccccc54)cc3)nc(-c3cccc4c3-c3ccccc3C43c4ccccc4-c4ccccc43)n2)cc1. The number of hydrogen-bond acceptors (Lipinski definition) is 4. The molecule has 9 aromatic rings. The Bertz CT molecular complexity index is 2970. The number of nitrogens with zero attached hydrogens (tertiary/aromatic N) is 3. The standard InChI is InChI=1S/C53H33N3O/c1-2-15-34(16-3-1)45-33-46(35-29-31-36(32-30-35)56-47-25-10-12-27-49(47)57-50-28-13-11-26-48(50)56)55-52(54-45)40-20-14-24-44-51(40)39-19-6-9-23-43(39)53(44)41-21-7-4-17-37(41)38-18-5-8-22-42(38)53/h1-33H. The quantitative estimate of drug-likeness (QED) is 0.181. The Morgan fingerprint density at radius 2 is 0.860 bits per heavy atom. The van der Waals surface area contributed by atoms with Gasteiger partial charge in [0.2, 0.25) is 0 Å². The van der Waals surface area contributed by atoms with E-state index in [0.29, 0.717) is 5.82 Å². The first-order chi connectivity index (χ1) is 28.3.